The molecule has 0 aliphatic carbocycles. The maximum atomic E-state index is 5.65. The highest BCUT2D eigenvalue weighted by atomic mass is 32.1. The molecule has 0 aliphatic rings. The van der Waals surface area contributed by atoms with Crippen molar-refractivity contribution < 1.29 is 4.42 Å². The summed E-state index contributed by atoms with van der Waals surface area (Å²) in [7, 11) is 0. The summed E-state index contributed by atoms with van der Waals surface area (Å²) < 4.78 is 5.65. The van der Waals surface area contributed by atoms with E-state index in [-0.39, 0.29) is 0 Å². The van der Waals surface area contributed by atoms with Crippen molar-refractivity contribution >= 4 is 11.3 Å². The highest BCUT2D eigenvalue weighted by molar-refractivity contribution is 7.07. The fourth-order valence-electron chi connectivity index (χ4n) is 2.13. The Balaban J connectivity index is 1.71. The SMILES string of the molecule is Cc1ccc(-c2[nH]ncc2CNC(C)c2ccsc2)o1. The minimum absolute atomic E-state index is 0.322. The Hall–Kier alpha value is -1.85. The summed E-state index contributed by atoms with van der Waals surface area (Å²) in [5.74, 6) is 1.74. The zero-order valence-electron chi connectivity index (χ0n) is 11.5. The molecule has 0 spiro atoms. The molecule has 0 saturated carbocycles. The lowest BCUT2D eigenvalue weighted by Gasteiger charge is -2.12. The predicted molar refractivity (Wildman–Crippen MR) is 80.6 cm³/mol. The molecule has 0 amide bonds. The Bertz CT molecular complexity index is 669. The summed E-state index contributed by atoms with van der Waals surface area (Å²) in [4.78, 5) is 0. The number of hydrogen-bond acceptors (Lipinski definition) is 4. The molecule has 0 saturated heterocycles. The first-order valence-corrected chi connectivity index (χ1v) is 7.53. The number of aryl methyl sites for hydroxylation is 1. The third-order valence-electron chi connectivity index (χ3n) is 3.35. The number of nitrogens with zero attached hydrogens (tertiary/aromatic N) is 1. The van der Waals surface area contributed by atoms with Gasteiger partial charge in [0.25, 0.3) is 0 Å². The van der Waals surface area contributed by atoms with Crippen LogP contribution in [0.5, 0.6) is 0 Å². The average molecular weight is 287 g/mol. The van der Waals surface area contributed by atoms with Gasteiger partial charge < -0.3 is 9.73 Å². The highest BCUT2D eigenvalue weighted by Crippen LogP contribution is 2.24. The zero-order valence-corrected chi connectivity index (χ0v) is 12.3. The number of aromatic nitrogens is 2. The molecule has 4 nitrogen and oxygen atoms in total. The van der Waals surface area contributed by atoms with E-state index >= 15 is 0 Å². The normalized spacial score (nSPS) is 12.7. The molecule has 3 aromatic heterocycles. The van der Waals surface area contributed by atoms with Crippen LogP contribution in [0.2, 0.25) is 0 Å². The van der Waals surface area contributed by atoms with Crippen LogP contribution in [-0.4, -0.2) is 10.2 Å². The summed E-state index contributed by atoms with van der Waals surface area (Å²) in [6.45, 7) is 4.86. The number of furan rings is 1. The van der Waals surface area contributed by atoms with E-state index in [1.165, 1.54) is 5.56 Å². The van der Waals surface area contributed by atoms with Crippen LogP contribution in [0.1, 0.15) is 29.9 Å². The molecule has 0 bridgehead atoms. The first-order valence-electron chi connectivity index (χ1n) is 6.58. The molecule has 0 fully saturated rings. The highest BCUT2D eigenvalue weighted by Gasteiger charge is 2.12. The van der Waals surface area contributed by atoms with Crippen LogP contribution in [0.3, 0.4) is 0 Å². The molecule has 0 aliphatic heterocycles. The van der Waals surface area contributed by atoms with Crippen molar-refractivity contribution in [2.75, 3.05) is 0 Å². The number of rotatable bonds is 5. The van der Waals surface area contributed by atoms with E-state index in [4.69, 9.17) is 4.42 Å². The third-order valence-corrected chi connectivity index (χ3v) is 4.05. The topological polar surface area (TPSA) is 53.9 Å². The molecular weight excluding hydrogens is 270 g/mol. The second kappa shape index (κ2) is 5.64. The van der Waals surface area contributed by atoms with Crippen LogP contribution < -0.4 is 5.32 Å². The van der Waals surface area contributed by atoms with Crippen molar-refractivity contribution in [3.8, 4) is 11.5 Å². The first kappa shape index (κ1) is 13.1. The molecule has 0 aromatic carbocycles. The van der Waals surface area contributed by atoms with Crippen LogP contribution in [-0.2, 0) is 6.54 Å². The quantitative estimate of drug-likeness (QED) is 0.748. The van der Waals surface area contributed by atoms with Gasteiger partial charge in [-0.3, -0.25) is 5.10 Å². The van der Waals surface area contributed by atoms with E-state index in [0.29, 0.717) is 6.04 Å². The van der Waals surface area contributed by atoms with Crippen LogP contribution in [0.25, 0.3) is 11.5 Å². The Morgan fingerprint density at radius 2 is 2.30 bits per heavy atom. The van der Waals surface area contributed by atoms with Gasteiger partial charge in [0.15, 0.2) is 5.76 Å². The number of aromatic amines is 1. The van der Waals surface area contributed by atoms with E-state index in [2.05, 4.69) is 39.3 Å². The second-order valence-corrected chi connectivity index (χ2v) is 5.62. The molecule has 1 atom stereocenters. The van der Waals surface area contributed by atoms with Gasteiger partial charge in [0.05, 0.1) is 6.20 Å². The maximum Gasteiger partial charge on any atom is 0.152 e. The van der Waals surface area contributed by atoms with Gasteiger partial charge in [0.1, 0.15) is 11.5 Å². The Morgan fingerprint density at radius 3 is 3.00 bits per heavy atom. The van der Waals surface area contributed by atoms with Crippen molar-refractivity contribution in [1.82, 2.24) is 15.5 Å². The van der Waals surface area contributed by atoms with Crippen molar-refractivity contribution in [2.45, 2.75) is 26.4 Å². The minimum Gasteiger partial charge on any atom is -0.460 e. The summed E-state index contributed by atoms with van der Waals surface area (Å²) in [5.41, 5.74) is 3.37. The molecule has 3 heterocycles. The minimum atomic E-state index is 0.322. The van der Waals surface area contributed by atoms with Crippen LogP contribution in [0, 0.1) is 6.92 Å². The largest absolute Gasteiger partial charge is 0.460 e. The Morgan fingerprint density at radius 1 is 1.40 bits per heavy atom. The van der Waals surface area contributed by atoms with E-state index in [1.54, 1.807) is 11.3 Å². The van der Waals surface area contributed by atoms with Gasteiger partial charge in [-0.1, -0.05) is 0 Å². The van der Waals surface area contributed by atoms with Crippen molar-refractivity contribution in [2.24, 2.45) is 0 Å². The van der Waals surface area contributed by atoms with E-state index < -0.39 is 0 Å². The molecular formula is C15H17N3OS. The number of thiophene rings is 1. The summed E-state index contributed by atoms with van der Waals surface area (Å²) in [5, 5.41) is 14.9. The first-order chi connectivity index (χ1) is 9.74. The van der Waals surface area contributed by atoms with Crippen LogP contribution in [0.4, 0.5) is 0 Å². The molecule has 1 unspecified atom stereocenters. The number of H-pyrrole nitrogens is 1. The zero-order chi connectivity index (χ0) is 13.9. The molecule has 2 N–H and O–H groups in total. The van der Waals surface area contributed by atoms with Gasteiger partial charge in [-0.25, -0.2) is 0 Å². The Labute approximate surface area is 121 Å². The second-order valence-electron chi connectivity index (χ2n) is 4.84. The van der Waals surface area contributed by atoms with Crippen molar-refractivity contribution in [3.05, 3.63) is 52.0 Å². The standard InChI is InChI=1S/C15H17N3OS/c1-10-3-4-14(19-10)15-13(8-17-18-15)7-16-11(2)12-5-6-20-9-12/h3-6,8-9,11,16H,7H2,1-2H3,(H,17,18). The lowest BCUT2D eigenvalue weighted by molar-refractivity contribution is 0.542. The molecule has 3 aromatic rings. The van der Waals surface area contributed by atoms with Gasteiger partial charge in [-0.15, -0.1) is 0 Å². The predicted octanol–water partition coefficient (Wildman–Crippen LogP) is 3.89. The van der Waals surface area contributed by atoms with Crippen molar-refractivity contribution in [3.63, 3.8) is 0 Å². The maximum absolute atomic E-state index is 5.65. The smallest absolute Gasteiger partial charge is 0.152 e. The Kier molecular flexibility index (Phi) is 3.71. The molecule has 20 heavy (non-hydrogen) atoms. The summed E-state index contributed by atoms with van der Waals surface area (Å²) >= 11 is 1.72. The van der Waals surface area contributed by atoms with E-state index in [0.717, 1.165) is 29.3 Å². The fraction of sp³-hybridized carbons (Fsp3) is 0.267. The summed E-state index contributed by atoms with van der Waals surface area (Å²) in [6.07, 6.45) is 1.85. The number of nitrogens with one attached hydrogen (secondary N) is 2. The average Bonchev–Trinajstić information content (AvgIpc) is 3.16. The van der Waals surface area contributed by atoms with Gasteiger partial charge >= 0.3 is 0 Å². The van der Waals surface area contributed by atoms with Crippen molar-refractivity contribution in [1.29, 1.82) is 0 Å². The monoisotopic (exact) mass is 287 g/mol. The molecule has 104 valence electrons. The van der Waals surface area contributed by atoms with E-state index in [1.807, 2.05) is 25.3 Å². The molecule has 0 radical (unpaired) electrons. The summed E-state index contributed by atoms with van der Waals surface area (Å²) in [6, 6.07) is 6.40. The van der Waals surface area contributed by atoms with Crippen LogP contribution >= 0.6 is 11.3 Å². The molecule has 5 heteroatoms. The lowest BCUT2D eigenvalue weighted by atomic mass is 10.1. The van der Waals surface area contributed by atoms with Gasteiger partial charge in [0.2, 0.25) is 0 Å². The van der Waals surface area contributed by atoms with E-state index in [9.17, 15) is 0 Å². The fourth-order valence-corrected chi connectivity index (χ4v) is 2.88. The van der Waals surface area contributed by atoms with Crippen LogP contribution in [0.15, 0.2) is 39.6 Å². The van der Waals surface area contributed by atoms with Gasteiger partial charge in [-0.05, 0) is 48.4 Å². The molecule has 3 rings (SSSR count). The lowest BCUT2D eigenvalue weighted by Crippen LogP contribution is -2.17. The number of hydrogen-bond donors (Lipinski definition) is 2. The van der Waals surface area contributed by atoms with Gasteiger partial charge in [0, 0.05) is 18.2 Å². The van der Waals surface area contributed by atoms with Gasteiger partial charge in [-0.2, -0.15) is 16.4 Å². The third kappa shape index (κ3) is 2.69.